The second kappa shape index (κ2) is 6.34. The largest absolute Gasteiger partial charge is 0.497 e. The van der Waals surface area contributed by atoms with E-state index in [0.717, 1.165) is 0 Å². The minimum absolute atomic E-state index is 0.298. The number of anilines is 1. The van der Waals surface area contributed by atoms with Gasteiger partial charge >= 0.3 is 5.97 Å². The van der Waals surface area contributed by atoms with Gasteiger partial charge in [0, 0.05) is 11.8 Å². The van der Waals surface area contributed by atoms with Crippen LogP contribution in [-0.2, 0) is 25.1 Å². The third-order valence-electron chi connectivity index (χ3n) is 2.37. The van der Waals surface area contributed by atoms with Crippen molar-refractivity contribution in [3.05, 3.63) is 23.8 Å². The molecule has 0 saturated carbocycles. The Bertz CT molecular complexity index is 617. The van der Waals surface area contributed by atoms with E-state index in [4.69, 9.17) is 15.2 Å². The van der Waals surface area contributed by atoms with Crippen LogP contribution in [0.5, 0.6) is 5.75 Å². The molecule has 118 valence electrons. The van der Waals surface area contributed by atoms with Crippen LogP contribution in [0.15, 0.2) is 18.2 Å². The number of hydrogen-bond donors (Lipinski definition) is 1. The summed E-state index contributed by atoms with van der Waals surface area (Å²) in [6.45, 7) is 5.04. The van der Waals surface area contributed by atoms with Crippen LogP contribution in [0.25, 0.3) is 0 Å². The lowest BCUT2D eigenvalue weighted by atomic mass is 10.2. The monoisotopic (exact) mass is 315 g/mol. The molecule has 0 aliphatic heterocycles. The van der Waals surface area contributed by atoms with Gasteiger partial charge in [0.1, 0.15) is 17.1 Å². The third kappa shape index (κ3) is 6.48. The molecule has 2 N–H and O–H groups in total. The maximum atomic E-state index is 12.0. The molecule has 0 aliphatic carbocycles. The van der Waals surface area contributed by atoms with Gasteiger partial charge in [-0.2, -0.15) is 0 Å². The molecule has 0 radical (unpaired) electrons. The first-order valence-corrected chi connectivity index (χ1v) is 8.18. The molecule has 21 heavy (non-hydrogen) atoms. The van der Waals surface area contributed by atoms with E-state index in [1.165, 1.54) is 13.2 Å². The highest BCUT2D eigenvalue weighted by Crippen LogP contribution is 2.20. The van der Waals surface area contributed by atoms with Crippen LogP contribution in [-0.4, -0.2) is 32.9 Å². The first kappa shape index (κ1) is 17.3. The molecule has 0 fully saturated rings. The van der Waals surface area contributed by atoms with Crippen molar-refractivity contribution in [3.63, 3.8) is 0 Å². The zero-order valence-corrected chi connectivity index (χ0v) is 13.5. The molecule has 0 saturated heterocycles. The summed E-state index contributed by atoms with van der Waals surface area (Å²) in [5.41, 5.74) is 5.82. The van der Waals surface area contributed by atoms with Crippen molar-refractivity contribution in [3.8, 4) is 5.75 Å². The fourth-order valence-electron chi connectivity index (χ4n) is 1.74. The Morgan fingerprint density at radius 3 is 2.38 bits per heavy atom. The van der Waals surface area contributed by atoms with Crippen LogP contribution in [0.2, 0.25) is 0 Å². The highest BCUT2D eigenvalue weighted by molar-refractivity contribution is 7.91. The van der Waals surface area contributed by atoms with Crippen molar-refractivity contribution >= 4 is 21.5 Å². The molecule has 0 heterocycles. The number of hydrogen-bond acceptors (Lipinski definition) is 6. The number of rotatable bonds is 5. The normalized spacial score (nSPS) is 12.0. The van der Waals surface area contributed by atoms with Crippen molar-refractivity contribution in [2.45, 2.75) is 32.1 Å². The van der Waals surface area contributed by atoms with Crippen LogP contribution in [0.1, 0.15) is 26.3 Å². The van der Waals surface area contributed by atoms with E-state index in [1.54, 1.807) is 32.9 Å². The third-order valence-corrected chi connectivity index (χ3v) is 3.82. The Balaban J connectivity index is 2.81. The standard InChI is InChI=1S/C14H21NO5S/c1-14(2,3)20-13(16)9-21(17,18)8-10-5-11(15)7-12(6-10)19-4/h5-7H,8-9,15H2,1-4H3. The van der Waals surface area contributed by atoms with E-state index in [0.29, 0.717) is 17.0 Å². The topological polar surface area (TPSA) is 95.7 Å². The SMILES string of the molecule is COc1cc(N)cc(CS(=O)(=O)CC(=O)OC(C)(C)C)c1. The number of esters is 1. The van der Waals surface area contributed by atoms with Gasteiger partial charge < -0.3 is 15.2 Å². The average molecular weight is 315 g/mol. The van der Waals surface area contributed by atoms with Crippen LogP contribution < -0.4 is 10.5 Å². The van der Waals surface area contributed by atoms with Gasteiger partial charge in [0.05, 0.1) is 12.9 Å². The van der Waals surface area contributed by atoms with Crippen molar-refractivity contribution in [1.82, 2.24) is 0 Å². The number of carbonyl (C=O) groups is 1. The quantitative estimate of drug-likeness (QED) is 0.654. The van der Waals surface area contributed by atoms with Crippen molar-refractivity contribution in [2.75, 3.05) is 18.6 Å². The van der Waals surface area contributed by atoms with Gasteiger partial charge in [0.2, 0.25) is 0 Å². The predicted molar refractivity (Wildman–Crippen MR) is 80.7 cm³/mol. The number of ether oxygens (including phenoxy) is 2. The first-order chi connectivity index (χ1) is 9.50. The lowest BCUT2D eigenvalue weighted by Crippen LogP contribution is -2.29. The van der Waals surface area contributed by atoms with Gasteiger partial charge in [0.15, 0.2) is 9.84 Å². The molecule has 6 nitrogen and oxygen atoms in total. The van der Waals surface area contributed by atoms with E-state index in [-0.39, 0.29) is 5.75 Å². The van der Waals surface area contributed by atoms with Crippen molar-refractivity contribution in [2.24, 2.45) is 0 Å². The molecule has 0 aromatic heterocycles. The molecule has 0 aliphatic rings. The number of nitrogens with two attached hydrogens (primary N) is 1. The van der Waals surface area contributed by atoms with Gasteiger partial charge in [-0.05, 0) is 38.5 Å². The minimum atomic E-state index is -3.63. The first-order valence-electron chi connectivity index (χ1n) is 6.36. The Morgan fingerprint density at radius 2 is 1.86 bits per heavy atom. The fourth-order valence-corrected chi connectivity index (χ4v) is 2.94. The van der Waals surface area contributed by atoms with Crippen LogP contribution in [0, 0.1) is 0 Å². The van der Waals surface area contributed by atoms with Gasteiger partial charge in [-0.1, -0.05) is 0 Å². The van der Waals surface area contributed by atoms with E-state index in [1.807, 2.05) is 0 Å². The smallest absolute Gasteiger partial charge is 0.321 e. The summed E-state index contributed by atoms with van der Waals surface area (Å²) in [6.07, 6.45) is 0. The van der Waals surface area contributed by atoms with Gasteiger partial charge in [0.25, 0.3) is 0 Å². The molecule has 1 aromatic carbocycles. The van der Waals surface area contributed by atoms with Crippen molar-refractivity contribution < 1.29 is 22.7 Å². The molecule has 7 heteroatoms. The number of benzene rings is 1. The zero-order valence-electron chi connectivity index (χ0n) is 12.7. The van der Waals surface area contributed by atoms with E-state index < -0.39 is 27.2 Å². The number of nitrogen functional groups attached to an aromatic ring is 1. The maximum absolute atomic E-state index is 12.0. The minimum Gasteiger partial charge on any atom is -0.497 e. The van der Waals surface area contributed by atoms with Gasteiger partial charge in [-0.15, -0.1) is 0 Å². The highest BCUT2D eigenvalue weighted by Gasteiger charge is 2.23. The summed E-state index contributed by atoms with van der Waals surface area (Å²) >= 11 is 0. The summed E-state index contributed by atoms with van der Waals surface area (Å²) in [7, 11) is -2.17. The summed E-state index contributed by atoms with van der Waals surface area (Å²) in [4.78, 5) is 11.6. The second-order valence-electron chi connectivity index (χ2n) is 5.73. The Hall–Kier alpha value is -1.76. The van der Waals surface area contributed by atoms with Gasteiger partial charge in [-0.3, -0.25) is 4.79 Å². The Morgan fingerprint density at radius 1 is 1.24 bits per heavy atom. The van der Waals surface area contributed by atoms with E-state index in [9.17, 15) is 13.2 Å². The molecule has 0 spiro atoms. The van der Waals surface area contributed by atoms with Crippen LogP contribution >= 0.6 is 0 Å². The summed E-state index contributed by atoms with van der Waals surface area (Å²) in [5.74, 6) is -1.26. The summed E-state index contributed by atoms with van der Waals surface area (Å²) < 4.78 is 34.1. The molecular weight excluding hydrogens is 294 g/mol. The number of sulfone groups is 1. The number of carbonyl (C=O) groups excluding carboxylic acids is 1. The highest BCUT2D eigenvalue weighted by atomic mass is 32.2. The Labute approximate surface area is 125 Å². The van der Waals surface area contributed by atoms with Crippen LogP contribution in [0.4, 0.5) is 5.69 Å². The molecule has 0 bridgehead atoms. The lowest BCUT2D eigenvalue weighted by molar-refractivity contribution is -0.151. The molecule has 1 rings (SSSR count). The Kier molecular flexibility index (Phi) is 5.22. The van der Waals surface area contributed by atoms with Crippen LogP contribution in [0.3, 0.4) is 0 Å². The van der Waals surface area contributed by atoms with Gasteiger partial charge in [-0.25, -0.2) is 8.42 Å². The molecule has 0 amide bonds. The van der Waals surface area contributed by atoms with E-state index >= 15 is 0 Å². The predicted octanol–water partition coefficient (Wildman–Crippen LogP) is 1.53. The molecule has 1 aromatic rings. The fraction of sp³-hybridized carbons (Fsp3) is 0.500. The molecular formula is C14H21NO5S. The van der Waals surface area contributed by atoms with E-state index in [2.05, 4.69) is 0 Å². The number of methoxy groups -OCH3 is 1. The van der Waals surface area contributed by atoms with Crippen molar-refractivity contribution in [1.29, 1.82) is 0 Å². The lowest BCUT2D eigenvalue weighted by Gasteiger charge is -2.19. The summed E-state index contributed by atoms with van der Waals surface area (Å²) in [5, 5.41) is 0. The average Bonchev–Trinajstić information content (AvgIpc) is 2.23. The summed E-state index contributed by atoms with van der Waals surface area (Å²) in [6, 6.07) is 4.70. The molecule has 0 atom stereocenters. The second-order valence-corrected chi connectivity index (χ2v) is 7.80. The maximum Gasteiger partial charge on any atom is 0.321 e. The zero-order chi connectivity index (χ0) is 16.3. The molecule has 0 unspecified atom stereocenters.